The largest absolute Gasteiger partial charge is 0.497 e. The first-order valence-corrected chi connectivity index (χ1v) is 13.5. The Bertz CT molecular complexity index is 1430. The Morgan fingerprint density at radius 2 is 1.76 bits per heavy atom. The van der Waals surface area contributed by atoms with Crippen LogP contribution in [0.1, 0.15) is 29.7 Å². The van der Waals surface area contributed by atoms with E-state index in [4.69, 9.17) is 19.4 Å². The quantitative estimate of drug-likeness (QED) is 0.255. The fourth-order valence-corrected chi connectivity index (χ4v) is 7.81. The second-order valence-corrected chi connectivity index (χ2v) is 11.2. The molecule has 0 unspecified atom stereocenters. The third-order valence-corrected chi connectivity index (χ3v) is 9.22. The molecule has 5 nitrogen and oxygen atoms in total. The number of thiazole rings is 2. The molecule has 3 aromatic heterocycles. The van der Waals surface area contributed by atoms with Gasteiger partial charge in [0.25, 0.3) is 0 Å². The highest BCUT2D eigenvalue weighted by Gasteiger charge is 2.24. The number of fused-ring (bicyclic) bond motifs is 3. The van der Waals surface area contributed by atoms with Crippen molar-refractivity contribution in [2.75, 3.05) is 19.5 Å². The van der Waals surface area contributed by atoms with Gasteiger partial charge in [-0.1, -0.05) is 29.9 Å². The number of nitrogens with zero attached hydrogens (tertiary/aromatic N) is 2. The second kappa shape index (κ2) is 8.59. The van der Waals surface area contributed by atoms with Crippen LogP contribution in [0.4, 0.5) is 10.1 Å². The smallest absolute Gasteiger partial charge is 0.189 e. The van der Waals surface area contributed by atoms with E-state index in [0.717, 1.165) is 55.2 Å². The van der Waals surface area contributed by atoms with Crippen LogP contribution in [0.25, 0.3) is 31.0 Å². The lowest BCUT2D eigenvalue weighted by atomic mass is 10.1. The number of ether oxygens (including phenoxy) is 2. The van der Waals surface area contributed by atoms with Crippen LogP contribution in [0.2, 0.25) is 0 Å². The van der Waals surface area contributed by atoms with Crippen LogP contribution in [0.5, 0.6) is 11.5 Å². The SMILES string of the molecule is COc1cc(OC)c2nc(Nc3sc4c(c3-c3nc5ccccc5s3)CCCCC4)sc2c1. The predicted molar refractivity (Wildman–Crippen MR) is 140 cm³/mol. The summed E-state index contributed by atoms with van der Waals surface area (Å²) in [5.74, 6) is 1.49. The average Bonchev–Trinajstić information content (AvgIpc) is 3.48. The number of hydrogen-bond donors (Lipinski definition) is 1. The van der Waals surface area contributed by atoms with E-state index in [9.17, 15) is 0 Å². The molecule has 33 heavy (non-hydrogen) atoms. The molecule has 0 bridgehead atoms. The zero-order valence-corrected chi connectivity index (χ0v) is 20.9. The third kappa shape index (κ3) is 3.76. The standard InChI is InChI=1S/C25H23N3O2S3/c1-29-14-12-17(30-2)22-20(13-14)33-25(27-22)28-24-21(15-8-4-3-5-10-18(15)31-24)23-26-16-9-6-7-11-19(16)32-23/h6-7,9,11-13H,3-5,8,10H2,1-2H3,(H,27,28). The maximum Gasteiger partial charge on any atom is 0.189 e. The number of para-hydroxylation sites is 1. The highest BCUT2D eigenvalue weighted by atomic mass is 32.1. The number of rotatable bonds is 5. The molecule has 8 heteroatoms. The Kier molecular flexibility index (Phi) is 5.44. The van der Waals surface area contributed by atoms with E-state index >= 15 is 0 Å². The molecule has 6 rings (SSSR count). The van der Waals surface area contributed by atoms with Crippen LogP contribution < -0.4 is 14.8 Å². The summed E-state index contributed by atoms with van der Waals surface area (Å²) in [6.45, 7) is 0. The molecule has 3 heterocycles. The summed E-state index contributed by atoms with van der Waals surface area (Å²) in [4.78, 5) is 11.4. The molecule has 1 aliphatic rings. The van der Waals surface area contributed by atoms with Crippen molar-refractivity contribution in [3.8, 4) is 22.1 Å². The molecule has 0 atom stereocenters. The van der Waals surface area contributed by atoms with Gasteiger partial charge in [-0.15, -0.1) is 22.7 Å². The van der Waals surface area contributed by atoms with E-state index in [1.807, 2.05) is 23.5 Å². The lowest BCUT2D eigenvalue weighted by molar-refractivity contribution is 0.397. The van der Waals surface area contributed by atoms with Crippen molar-refractivity contribution >= 4 is 64.6 Å². The number of anilines is 2. The van der Waals surface area contributed by atoms with Crippen molar-refractivity contribution in [3.63, 3.8) is 0 Å². The van der Waals surface area contributed by atoms with Crippen LogP contribution >= 0.6 is 34.0 Å². The number of aryl methyl sites for hydroxylation is 1. The first-order chi connectivity index (χ1) is 16.2. The van der Waals surface area contributed by atoms with Gasteiger partial charge in [-0.3, -0.25) is 0 Å². The maximum atomic E-state index is 5.57. The van der Waals surface area contributed by atoms with E-state index in [1.165, 1.54) is 40.0 Å². The lowest BCUT2D eigenvalue weighted by Crippen LogP contribution is -1.92. The number of methoxy groups -OCH3 is 2. The highest BCUT2D eigenvalue weighted by molar-refractivity contribution is 7.24. The molecule has 168 valence electrons. The van der Waals surface area contributed by atoms with Crippen molar-refractivity contribution in [2.24, 2.45) is 0 Å². The van der Waals surface area contributed by atoms with Gasteiger partial charge < -0.3 is 14.8 Å². The molecule has 5 aromatic rings. The molecule has 0 aliphatic heterocycles. The topological polar surface area (TPSA) is 56.3 Å². The number of hydrogen-bond acceptors (Lipinski definition) is 8. The van der Waals surface area contributed by atoms with Gasteiger partial charge in [0, 0.05) is 16.5 Å². The van der Waals surface area contributed by atoms with Crippen LogP contribution in [-0.4, -0.2) is 24.2 Å². The van der Waals surface area contributed by atoms with Crippen molar-refractivity contribution in [3.05, 3.63) is 46.8 Å². The Hall–Kier alpha value is -2.68. The monoisotopic (exact) mass is 493 g/mol. The highest BCUT2D eigenvalue weighted by Crippen LogP contribution is 2.47. The van der Waals surface area contributed by atoms with Gasteiger partial charge in [-0.05, 0) is 49.4 Å². The van der Waals surface area contributed by atoms with Crippen LogP contribution in [0.15, 0.2) is 36.4 Å². The van der Waals surface area contributed by atoms with Gasteiger partial charge in [-0.25, -0.2) is 9.97 Å². The molecule has 0 amide bonds. The summed E-state index contributed by atoms with van der Waals surface area (Å²) >= 11 is 5.26. The normalized spacial score (nSPS) is 13.8. The summed E-state index contributed by atoms with van der Waals surface area (Å²) in [5.41, 5.74) is 4.65. The first kappa shape index (κ1) is 20.9. The summed E-state index contributed by atoms with van der Waals surface area (Å²) in [6, 6.07) is 12.3. The molecule has 0 fully saturated rings. The molecule has 0 saturated carbocycles. The van der Waals surface area contributed by atoms with Gasteiger partial charge in [0.2, 0.25) is 0 Å². The molecular weight excluding hydrogens is 470 g/mol. The number of thiophene rings is 1. The summed E-state index contributed by atoms with van der Waals surface area (Å²) in [5, 5.41) is 6.76. The number of nitrogens with one attached hydrogen (secondary N) is 1. The van der Waals surface area contributed by atoms with Crippen LogP contribution in [-0.2, 0) is 12.8 Å². The predicted octanol–water partition coefficient (Wildman–Crippen LogP) is 7.66. The molecule has 1 aliphatic carbocycles. The second-order valence-electron chi connectivity index (χ2n) is 8.08. The van der Waals surface area contributed by atoms with Gasteiger partial charge in [0.05, 0.1) is 29.1 Å². The number of benzene rings is 2. The fourth-order valence-electron chi connectivity index (χ4n) is 4.43. The maximum absolute atomic E-state index is 5.57. The third-order valence-electron chi connectivity index (χ3n) is 6.04. The minimum Gasteiger partial charge on any atom is -0.497 e. The van der Waals surface area contributed by atoms with Gasteiger partial charge in [0.15, 0.2) is 5.13 Å². The van der Waals surface area contributed by atoms with Crippen molar-refractivity contribution in [2.45, 2.75) is 32.1 Å². The summed E-state index contributed by atoms with van der Waals surface area (Å²) < 4.78 is 13.3. The minimum absolute atomic E-state index is 0.724. The van der Waals surface area contributed by atoms with Crippen molar-refractivity contribution < 1.29 is 9.47 Å². The zero-order chi connectivity index (χ0) is 22.4. The average molecular weight is 494 g/mol. The summed E-state index contributed by atoms with van der Waals surface area (Å²) in [6.07, 6.45) is 6.04. The van der Waals surface area contributed by atoms with E-state index in [-0.39, 0.29) is 0 Å². The Morgan fingerprint density at radius 3 is 2.61 bits per heavy atom. The molecule has 2 aromatic carbocycles. The van der Waals surface area contributed by atoms with Crippen LogP contribution in [0, 0.1) is 0 Å². The van der Waals surface area contributed by atoms with Crippen molar-refractivity contribution in [1.29, 1.82) is 0 Å². The van der Waals surface area contributed by atoms with Gasteiger partial charge >= 0.3 is 0 Å². The Balaban J connectivity index is 1.47. The lowest BCUT2D eigenvalue weighted by Gasteiger charge is -2.05. The Morgan fingerprint density at radius 1 is 0.879 bits per heavy atom. The van der Waals surface area contributed by atoms with Crippen LogP contribution in [0.3, 0.4) is 0 Å². The molecule has 1 N–H and O–H groups in total. The molecule has 0 spiro atoms. The summed E-state index contributed by atoms with van der Waals surface area (Å²) in [7, 11) is 3.34. The van der Waals surface area contributed by atoms with E-state index in [1.54, 1.807) is 36.9 Å². The number of aromatic nitrogens is 2. The van der Waals surface area contributed by atoms with E-state index in [2.05, 4.69) is 29.6 Å². The molecule has 0 radical (unpaired) electrons. The first-order valence-electron chi connectivity index (χ1n) is 11.0. The van der Waals surface area contributed by atoms with Crippen molar-refractivity contribution in [1.82, 2.24) is 9.97 Å². The Labute approximate surface area is 204 Å². The molecular formula is C25H23N3O2S3. The fraction of sp³-hybridized carbons (Fsp3) is 0.280. The minimum atomic E-state index is 0.724. The van der Waals surface area contributed by atoms with E-state index < -0.39 is 0 Å². The molecule has 0 saturated heterocycles. The zero-order valence-electron chi connectivity index (χ0n) is 18.4. The van der Waals surface area contributed by atoms with Gasteiger partial charge in [-0.2, -0.15) is 0 Å². The van der Waals surface area contributed by atoms with Gasteiger partial charge in [0.1, 0.15) is 27.0 Å². The van der Waals surface area contributed by atoms with E-state index in [0.29, 0.717) is 0 Å².